The van der Waals surface area contributed by atoms with Crippen molar-refractivity contribution in [1.82, 2.24) is 0 Å². The summed E-state index contributed by atoms with van der Waals surface area (Å²) < 4.78 is 33.3. The van der Waals surface area contributed by atoms with E-state index in [0.717, 1.165) is 6.04 Å². The van der Waals surface area contributed by atoms with Gasteiger partial charge in [-0.3, -0.25) is 9.69 Å². The Morgan fingerprint density at radius 1 is 1.10 bits per heavy atom. The van der Waals surface area contributed by atoms with Gasteiger partial charge < -0.3 is 14.0 Å². The number of amides is 1. The van der Waals surface area contributed by atoms with Crippen LogP contribution in [0.15, 0.2) is 18.2 Å². The highest BCUT2D eigenvalue weighted by atomic mass is 28.3. The highest BCUT2D eigenvalue weighted by molar-refractivity contribution is 6.76. The molecule has 0 aromatic heterocycles. The van der Waals surface area contributed by atoms with Gasteiger partial charge in [-0.2, -0.15) is 0 Å². The lowest BCUT2D eigenvalue weighted by molar-refractivity contribution is -0.129. The summed E-state index contributed by atoms with van der Waals surface area (Å²) in [4.78, 5) is 14.1. The van der Waals surface area contributed by atoms with Gasteiger partial charge in [-0.25, -0.2) is 4.39 Å². The van der Waals surface area contributed by atoms with Crippen molar-refractivity contribution in [3.8, 4) is 0 Å². The van der Waals surface area contributed by atoms with Gasteiger partial charge in [0.25, 0.3) is 5.91 Å². The summed E-state index contributed by atoms with van der Waals surface area (Å²) in [5, 5.41) is 0. The smallest absolute Gasteiger partial charge is 0.399 e. The maximum atomic E-state index is 15.4. The minimum atomic E-state index is -2.10. The fourth-order valence-electron chi connectivity index (χ4n) is 3.43. The van der Waals surface area contributed by atoms with Crippen molar-refractivity contribution in [3.05, 3.63) is 23.8 Å². The largest absolute Gasteiger partial charge is 0.494 e. The third-order valence-corrected chi connectivity index (χ3v) is 7.91. The van der Waals surface area contributed by atoms with Crippen LogP contribution in [0.25, 0.3) is 0 Å². The molecule has 1 aromatic carbocycles. The van der Waals surface area contributed by atoms with Gasteiger partial charge in [0.15, 0.2) is 0 Å². The second-order valence-corrected chi connectivity index (χ2v) is 16.1. The third kappa shape index (κ3) is 4.17. The standard InChI is InChI=1S/C21H33BFNO4Si/c1-19(2)20(3,4)28-22(27-19)15-9-10-17-16(13-15)21(5,23)18(25)24(17)14-26-11-12-29(6,7)8/h9-10,13H,11-12,14H2,1-8H3. The zero-order valence-corrected chi connectivity index (χ0v) is 19.9. The Hall–Kier alpha value is -1.22. The van der Waals surface area contributed by atoms with E-state index in [9.17, 15) is 4.79 Å². The van der Waals surface area contributed by atoms with Crippen molar-refractivity contribution in [3.63, 3.8) is 0 Å². The molecule has 160 valence electrons. The van der Waals surface area contributed by atoms with Crippen LogP contribution in [0.3, 0.4) is 0 Å². The summed E-state index contributed by atoms with van der Waals surface area (Å²) in [6.07, 6.45) is 0. The summed E-state index contributed by atoms with van der Waals surface area (Å²) in [6, 6.07) is 6.29. The Labute approximate surface area is 175 Å². The molecule has 2 heterocycles. The Kier molecular flexibility index (Phi) is 5.57. The van der Waals surface area contributed by atoms with Crippen LogP contribution in [0.2, 0.25) is 25.7 Å². The zero-order chi connectivity index (χ0) is 21.8. The van der Waals surface area contributed by atoms with Gasteiger partial charge in [0.05, 0.1) is 16.9 Å². The van der Waals surface area contributed by atoms with Gasteiger partial charge in [-0.05, 0) is 52.2 Å². The molecule has 1 saturated heterocycles. The molecule has 1 unspecified atom stereocenters. The molecule has 3 rings (SSSR count). The van der Waals surface area contributed by atoms with Gasteiger partial charge in [-0.15, -0.1) is 0 Å². The first kappa shape index (κ1) is 22.5. The predicted octanol–water partition coefficient (Wildman–Crippen LogP) is 3.83. The molecule has 8 heteroatoms. The zero-order valence-electron chi connectivity index (χ0n) is 18.9. The van der Waals surface area contributed by atoms with E-state index in [1.165, 1.54) is 11.8 Å². The number of halogens is 1. The number of hydrogen-bond acceptors (Lipinski definition) is 4. The molecular formula is C21H33BFNO4Si. The first-order chi connectivity index (χ1) is 13.2. The number of carbonyl (C=O) groups excluding carboxylic acids is 1. The van der Waals surface area contributed by atoms with Crippen LogP contribution < -0.4 is 10.4 Å². The highest BCUT2D eigenvalue weighted by Crippen LogP contribution is 2.43. The number of ether oxygens (including phenoxy) is 1. The van der Waals surface area contributed by atoms with Gasteiger partial charge in [-0.1, -0.05) is 31.8 Å². The van der Waals surface area contributed by atoms with E-state index in [2.05, 4.69) is 19.6 Å². The van der Waals surface area contributed by atoms with E-state index >= 15 is 4.39 Å². The van der Waals surface area contributed by atoms with Crippen molar-refractivity contribution >= 4 is 32.2 Å². The van der Waals surface area contributed by atoms with Gasteiger partial charge in [0, 0.05) is 20.2 Å². The molecule has 2 aliphatic heterocycles. The van der Waals surface area contributed by atoms with E-state index in [1.807, 2.05) is 33.8 Å². The molecular weight excluding hydrogens is 388 g/mol. The van der Waals surface area contributed by atoms with Crippen LogP contribution in [0.4, 0.5) is 10.1 Å². The van der Waals surface area contributed by atoms with E-state index in [-0.39, 0.29) is 6.73 Å². The van der Waals surface area contributed by atoms with Crippen molar-refractivity contribution in [2.45, 2.75) is 77.2 Å². The maximum Gasteiger partial charge on any atom is 0.494 e. The first-order valence-electron chi connectivity index (χ1n) is 10.2. The molecule has 1 amide bonds. The number of benzene rings is 1. The lowest BCUT2D eigenvalue weighted by Gasteiger charge is -2.32. The number of rotatable bonds is 6. The van der Waals surface area contributed by atoms with E-state index in [4.69, 9.17) is 14.0 Å². The minimum absolute atomic E-state index is 0.0612. The molecule has 2 aliphatic rings. The quantitative estimate of drug-likeness (QED) is 0.518. The predicted molar refractivity (Wildman–Crippen MR) is 117 cm³/mol. The molecule has 5 nitrogen and oxygen atoms in total. The van der Waals surface area contributed by atoms with Crippen molar-refractivity contribution in [2.24, 2.45) is 0 Å². The Morgan fingerprint density at radius 3 is 2.24 bits per heavy atom. The Morgan fingerprint density at radius 2 is 1.69 bits per heavy atom. The number of hydrogen-bond donors (Lipinski definition) is 0. The topological polar surface area (TPSA) is 48.0 Å². The SMILES string of the molecule is CC1(F)C(=O)N(COCC[Si](C)(C)C)c2ccc(B3OC(C)(C)C(C)(C)O3)cc21. The molecule has 0 saturated carbocycles. The Bertz CT molecular complexity index is 790. The number of carbonyl (C=O) groups is 1. The van der Waals surface area contributed by atoms with Crippen molar-refractivity contribution in [1.29, 1.82) is 0 Å². The van der Waals surface area contributed by atoms with Crippen LogP contribution in [-0.4, -0.2) is 45.6 Å². The van der Waals surface area contributed by atoms with Crippen LogP contribution >= 0.6 is 0 Å². The molecule has 0 aliphatic carbocycles. The van der Waals surface area contributed by atoms with Crippen LogP contribution in [-0.2, 0) is 24.5 Å². The lowest BCUT2D eigenvalue weighted by Crippen LogP contribution is -2.41. The lowest BCUT2D eigenvalue weighted by atomic mass is 9.77. The first-order valence-corrected chi connectivity index (χ1v) is 14.0. The average molecular weight is 421 g/mol. The Balaban J connectivity index is 1.81. The van der Waals surface area contributed by atoms with Crippen LogP contribution in [0.1, 0.15) is 40.2 Å². The molecule has 0 spiro atoms. The number of alkyl halides is 1. The third-order valence-electron chi connectivity index (χ3n) is 6.21. The number of nitrogens with zero attached hydrogens (tertiary/aromatic N) is 1. The maximum absolute atomic E-state index is 15.4. The summed E-state index contributed by atoms with van der Waals surface area (Å²) in [5.74, 6) is -0.591. The highest BCUT2D eigenvalue weighted by Gasteiger charge is 2.53. The van der Waals surface area contributed by atoms with Crippen LogP contribution in [0, 0.1) is 0 Å². The normalized spacial score (nSPS) is 25.6. The fourth-order valence-corrected chi connectivity index (χ4v) is 4.19. The summed E-state index contributed by atoms with van der Waals surface area (Å²) in [6.45, 7) is 16.6. The summed E-state index contributed by atoms with van der Waals surface area (Å²) >= 11 is 0. The van der Waals surface area contributed by atoms with E-state index in [0.29, 0.717) is 23.3 Å². The van der Waals surface area contributed by atoms with Crippen molar-refractivity contribution < 1.29 is 23.2 Å². The van der Waals surface area contributed by atoms with E-state index in [1.54, 1.807) is 12.1 Å². The molecule has 0 N–H and O–H groups in total. The summed E-state index contributed by atoms with van der Waals surface area (Å²) in [5.41, 5.74) is -1.47. The van der Waals surface area contributed by atoms with Crippen molar-refractivity contribution in [2.75, 3.05) is 18.2 Å². The molecule has 1 fully saturated rings. The molecule has 29 heavy (non-hydrogen) atoms. The molecule has 0 bridgehead atoms. The van der Waals surface area contributed by atoms with Gasteiger partial charge >= 0.3 is 7.12 Å². The number of anilines is 1. The fraction of sp³-hybridized carbons (Fsp3) is 0.667. The van der Waals surface area contributed by atoms with Gasteiger partial charge in [0.1, 0.15) is 6.73 Å². The van der Waals surface area contributed by atoms with Crippen LogP contribution in [0.5, 0.6) is 0 Å². The van der Waals surface area contributed by atoms with Gasteiger partial charge in [0.2, 0.25) is 5.67 Å². The number of fused-ring (bicyclic) bond motifs is 1. The average Bonchev–Trinajstić information content (AvgIpc) is 2.91. The molecule has 1 aromatic rings. The molecule has 1 atom stereocenters. The monoisotopic (exact) mass is 421 g/mol. The molecule has 0 radical (unpaired) electrons. The summed E-state index contributed by atoms with van der Waals surface area (Å²) in [7, 11) is -1.83. The van der Waals surface area contributed by atoms with E-state index < -0.39 is 38.0 Å². The minimum Gasteiger partial charge on any atom is -0.399 e. The second-order valence-electron chi connectivity index (χ2n) is 10.4. The second kappa shape index (κ2) is 7.18.